The van der Waals surface area contributed by atoms with E-state index in [1.165, 1.54) is 4.57 Å². The van der Waals surface area contributed by atoms with Crippen molar-refractivity contribution >= 4 is 27.6 Å². The summed E-state index contributed by atoms with van der Waals surface area (Å²) in [6, 6.07) is 22.5. The van der Waals surface area contributed by atoms with Crippen LogP contribution in [0, 0.1) is 0 Å². The predicted octanol–water partition coefficient (Wildman–Crippen LogP) is 2.87. The molecule has 5 rings (SSSR count). The van der Waals surface area contributed by atoms with Crippen molar-refractivity contribution < 1.29 is 0 Å². The number of aromatic nitrogens is 4. The molecule has 3 aromatic carbocycles. The van der Waals surface area contributed by atoms with E-state index in [0.29, 0.717) is 11.5 Å². The molecule has 0 aliphatic carbocycles. The fourth-order valence-electron chi connectivity index (χ4n) is 3.49. The maximum atomic E-state index is 12.7. The van der Waals surface area contributed by atoms with Gasteiger partial charge >= 0.3 is 5.69 Å². The van der Waals surface area contributed by atoms with E-state index in [1.54, 1.807) is 24.3 Å². The predicted molar refractivity (Wildman–Crippen MR) is 113 cm³/mol. The Labute approximate surface area is 164 Å². The molecule has 0 amide bonds. The highest BCUT2D eigenvalue weighted by atomic mass is 16.1. The van der Waals surface area contributed by atoms with Gasteiger partial charge in [-0.1, -0.05) is 60.7 Å². The molecule has 7 nitrogen and oxygen atoms in total. The standard InChI is InChI=1S/C22H15N5O2/c23-19-17-18(25-22(29)27(19)14-9-2-1-3-10-14)21(28)26-20(24-17)16-12-6-8-13-7-4-5-11-15(13)16/h1-12H,23H2,(H,24,26,28). The molecule has 0 aliphatic rings. The van der Waals surface area contributed by atoms with Gasteiger partial charge in [0.1, 0.15) is 17.2 Å². The van der Waals surface area contributed by atoms with Crippen LogP contribution in [0.2, 0.25) is 0 Å². The summed E-state index contributed by atoms with van der Waals surface area (Å²) < 4.78 is 1.25. The Hall–Kier alpha value is -4.26. The van der Waals surface area contributed by atoms with Crippen LogP contribution in [0.4, 0.5) is 5.82 Å². The van der Waals surface area contributed by atoms with Crippen LogP contribution in [-0.2, 0) is 0 Å². The number of rotatable bonds is 2. The van der Waals surface area contributed by atoms with E-state index < -0.39 is 11.2 Å². The second-order valence-electron chi connectivity index (χ2n) is 6.59. The first-order valence-corrected chi connectivity index (χ1v) is 8.99. The smallest absolute Gasteiger partial charge is 0.354 e. The number of H-pyrrole nitrogens is 1. The molecule has 7 heteroatoms. The molecule has 3 N–H and O–H groups in total. The van der Waals surface area contributed by atoms with Crippen molar-refractivity contribution in [2.75, 3.05) is 5.73 Å². The largest absolute Gasteiger partial charge is 0.383 e. The van der Waals surface area contributed by atoms with Gasteiger partial charge in [0.05, 0.1) is 5.69 Å². The number of anilines is 1. The van der Waals surface area contributed by atoms with Gasteiger partial charge in [0.15, 0.2) is 5.52 Å². The topological polar surface area (TPSA) is 107 Å². The molecular weight excluding hydrogens is 366 g/mol. The van der Waals surface area contributed by atoms with Crippen LogP contribution < -0.4 is 17.0 Å². The van der Waals surface area contributed by atoms with Gasteiger partial charge in [-0.05, 0) is 22.9 Å². The lowest BCUT2D eigenvalue weighted by Crippen LogP contribution is -2.27. The molecule has 2 heterocycles. The second-order valence-corrected chi connectivity index (χ2v) is 6.59. The van der Waals surface area contributed by atoms with E-state index in [1.807, 2.05) is 48.5 Å². The van der Waals surface area contributed by atoms with Gasteiger partial charge in [-0.3, -0.25) is 4.79 Å². The summed E-state index contributed by atoms with van der Waals surface area (Å²) >= 11 is 0. The van der Waals surface area contributed by atoms with Crippen molar-refractivity contribution in [1.29, 1.82) is 0 Å². The van der Waals surface area contributed by atoms with E-state index in [9.17, 15) is 9.59 Å². The van der Waals surface area contributed by atoms with Crippen LogP contribution in [-0.4, -0.2) is 19.5 Å². The minimum atomic E-state index is -0.633. The Morgan fingerprint density at radius 1 is 0.793 bits per heavy atom. The summed E-state index contributed by atoms with van der Waals surface area (Å²) in [6.07, 6.45) is 0. The van der Waals surface area contributed by atoms with E-state index in [4.69, 9.17) is 5.73 Å². The van der Waals surface area contributed by atoms with Gasteiger partial charge in [-0.25, -0.2) is 14.3 Å². The maximum Gasteiger partial charge on any atom is 0.354 e. The summed E-state index contributed by atoms with van der Waals surface area (Å²) in [5, 5.41) is 1.97. The molecule has 140 valence electrons. The molecule has 0 unspecified atom stereocenters. The number of fused-ring (bicyclic) bond motifs is 2. The first kappa shape index (κ1) is 16.9. The van der Waals surface area contributed by atoms with Crippen LogP contribution in [0.3, 0.4) is 0 Å². The number of aromatic amines is 1. The fourth-order valence-corrected chi connectivity index (χ4v) is 3.49. The number of nitrogens with one attached hydrogen (secondary N) is 1. The molecule has 0 spiro atoms. The normalized spacial score (nSPS) is 11.2. The second kappa shape index (κ2) is 6.42. The van der Waals surface area contributed by atoms with Crippen LogP contribution in [0.15, 0.2) is 82.4 Å². The Balaban J connectivity index is 1.84. The maximum absolute atomic E-state index is 12.7. The molecule has 0 bridgehead atoms. The molecule has 5 aromatic rings. The van der Waals surface area contributed by atoms with E-state index in [2.05, 4.69) is 15.0 Å². The van der Waals surface area contributed by atoms with E-state index >= 15 is 0 Å². The first-order valence-electron chi connectivity index (χ1n) is 8.99. The highest BCUT2D eigenvalue weighted by molar-refractivity contribution is 5.96. The van der Waals surface area contributed by atoms with E-state index in [-0.39, 0.29) is 16.9 Å². The Morgan fingerprint density at radius 3 is 2.34 bits per heavy atom. The van der Waals surface area contributed by atoms with Crippen molar-refractivity contribution in [3.05, 3.63) is 93.6 Å². The summed E-state index contributed by atoms with van der Waals surface area (Å²) in [5.74, 6) is 0.435. The molecule has 0 aliphatic heterocycles. The average Bonchev–Trinajstić information content (AvgIpc) is 2.75. The summed E-state index contributed by atoms with van der Waals surface area (Å²) in [5.41, 5.74) is 6.56. The molecule has 29 heavy (non-hydrogen) atoms. The summed E-state index contributed by atoms with van der Waals surface area (Å²) in [6.45, 7) is 0. The third-order valence-corrected chi connectivity index (χ3v) is 4.84. The number of para-hydroxylation sites is 1. The number of hydrogen-bond donors (Lipinski definition) is 2. The van der Waals surface area contributed by atoms with Crippen molar-refractivity contribution in [2.45, 2.75) is 0 Å². The third kappa shape index (κ3) is 2.68. The van der Waals surface area contributed by atoms with Crippen molar-refractivity contribution in [1.82, 2.24) is 19.5 Å². The number of nitrogens with two attached hydrogens (primary N) is 1. The van der Waals surface area contributed by atoms with E-state index in [0.717, 1.165) is 16.3 Å². The minimum Gasteiger partial charge on any atom is -0.383 e. The van der Waals surface area contributed by atoms with Crippen molar-refractivity contribution in [2.24, 2.45) is 0 Å². The Morgan fingerprint density at radius 2 is 1.52 bits per heavy atom. The lowest BCUT2D eigenvalue weighted by atomic mass is 10.0. The average molecular weight is 381 g/mol. The van der Waals surface area contributed by atoms with Crippen molar-refractivity contribution in [3.8, 4) is 17.1 Å². The Bertz CT molecular complexity index is 1500. The quantitative estimate of drug-likeness (QED) is 0.489. The van der Waals surface area contributed by atoms with Crippen molar-refractivity contribution in [3.63, 3.8) is 0 Å². The molecular formula is C22H15N5O2. The zero-order valence-corrected chi connectivity index (χ0v) is 15.2. The summed E-state index contributed by atoms with van der Waals surface area (Å²) in [4.78, 5) is 36.5. The lowest BCUT2D eigenvalue weighted by molar-refractivity contribution is 0.938. The number of benzene rings is 3. The first-order chi connectivity index (χ1) is 14.1. The monoisotopic (exact) mass is 381 g/mol. The molecule has 0 saturated carbocycles. The minimum absolute atomic E-state index is 0.0683. The van der Waals surface area contributed by atoms with Crippen LogP contribution >= 0.6 is 0 Å². The van der Waals surface area contributed by atoms with Gasteiger partial charge in [0.25, 0.3) is 5.56 Å². The molecule has 0 saturated heterocycles. The molecule has 0 fully saturated rings. The molecule has 0 atom stereocenters. The van der Waals surface area contributed by atoms with Gasteiger partial charge in [0.2, 0.25) is 0 Å². The zero-order chi connectivity index (χ0) is 20.0. The zero-order valence-electron chi connectivity index (χ0n) is 15.2. The molecule has 2 aromatic heterocycles. The van der Waals surface area contributed by atoms with Gasteiger partial charge in [-0.2, -0.15) is 4.98 Å². The number of hydrogen-bond acceptors (Lipinski definition) is 5. The van der Waals surface area contributed by atoms with Crippen LogP contribution in [0.1, 0.15) is 0 Å². The molecule has 0 radical (unpaired) electrons. The van der Waals surface area contributed by atoms with Crippen LogP contribution in [0.5, 0.6) is 0 Å². The highest BCUT2D eigenvalue weighted by Crippen LogP contribution is 2.27. The number of nitrogen functional groups attached to an aromatic ring is 1. The lowest BCUT2D eigenvalue weighted by Gasteiger charge is -2.12. The Kier molecular flexibility index (Phi) is 3.74. The van der Waals surface area contributed by atoms with Gasteiger partial charge < -0.3 is 10.7 Å². The van der Waals surface area contributed by atoms with Gasteiger partial charge in [0, 0.05) is 5.56 Å². The third-order valence-electron chi connectivity index (χ3n) is 4.84. The summed E-state index contributed by atoms with van der Waals surface area (Å²) in [7, 11) is 0. The van der Waals surface area contributed by atoms with Crippen LogP contribution in [0.25, 0.3) is 38.9 Å². The number of nitrogens with zero attached hydrogens (tertiary/aromatic N) is 3. The van der Waals surface area contributed by atoms with Gasteiger partial charge in [-0.15, -0.1) is 0 Å². The fraction of sp³-hybridized carbons (Fsp3) is 0. The SMILES string of the molecule is Nc1c2nc(-c3cccc4ccccc34)[nH]c(=O)c2nc(=O)n1-c1ccccc1. The highest BCUT2D eigenvalue weighted by Gasteiger charge is 2.16.